The van der Waals surface area contributed by atoms with Crippen molar-refractivity contribution in [2.24, 2.45) is 4.99 Å². The first-order chi connectivity index (χ1) is 13.3. The van der Waals surface area contributed by atoms with Gasteiger partial charge in [0, 0.05) is 41.3 Å². The molecule has 1 heterocycles. The molecule has 1 aliphatic heterocycles. The standard InChI is InChI=1S/C24H26ClN3.ClH/c1-17(6-5-15-26)27-20-11-7-18(8-12-20)9-14-23-24(2,3)21-16-19(25)10-13-22(21)28(23)4;/h7-14,16-17H,5-6H2,1-4H3;1H. The highest BCUT2D eigenvalue weighted by molar-refractivity contribution is 6.30. The van der Waals surface area contributed by atoms with E-state index in [1.807, 2.05) is 25.1 Å². The van der Waals surface area contributed by atoms with Gasteiger partial charge >= 0.3 is 0 Å². The lowest BCUT2D eigenvalue weighted by Crippen LogP contribution is -2.22. The third-order valence-electron chi connectivity index (χ3n) is 5.37. The number of aliphatic imine (C=N–C) groups is 1. The lowest BCUT2D eigenvalue weighted by Gasteiger charge is -2.23. The quantitative estimate of drug-likeness (QED) is 0.545. The number of allylic oxidation sites excluding steroid dienone is 8. The van der Waals surface area contributed by atoms with Crippen molar-refractivity contribution >= 4 is 35.4 Å². The maximum atomic E-state index is 8.68. The second-order valence-electron chi connectivity index (χ2n) is 7.83. The van der Waals surface area contributed by atoms with Crippen molar-refractivity contribution in [2.45, 2.75) is 45.1 Å². The fourth-order valence-corrected chi connectivity index (χ4v) is 3.92. The average Bonchev–Trinajstić information content (AvgIpc) is 2.85. The first-order valence-corrected chi connectivity index (χ1v) is 9.98. The minimum Gasteiger partial charge on any atom is -0.347 e. The van der Waals surface area contributed by atoms with Crippen molar-refractivity contribution in [3.63, 3.8) is 0 Å². The van der Waals surface area contributed by atoms with Gasteiger partial charge in [-0.1, -0.05) is 43.7 Å². The largest absolute Gasteiger partial charge is 0.347 e. The van der Waals surface area contributed by atoms with Gasteiger partial charge in [0.1, 0.15) is 0 Å². The molecule has 29 heavy (non-hydrogen) atoms. The summed E-state index contributed by atoms with van der Waals surface area (Å²) in [6.07, 6.45) is 13.9. The van der Waals surface area contributed by atoms with Crippen LogP contribution in [0.25, 0.3) is 0 Å². The smallest absolute Gasteiger partial charge is 0.0622 e. The number of rotatable bonds is 4. The van der Waals surface area contributed by atoms with E-state index in [-0.39, 0.29) is 23.9 Å². The van der Waals surface area contributed by atoms with Crippen molar-refractivity contribution in [2.75, 3.05) is 11.9 Å². The van der Waals surface area contributed by atoms with E-state index in [9.17, 15) is 0 Å². The SMILES string of the molecule is CC(CCC#N)N=C1C=CC(=CC=C2N(C)c3ccc(Cl)cc3C2(C)C)C=C1.Cl. The Hall–Kier alpha value is -2.28. The van der Waals surface area contributed by atoms with Gasteiger partial charge in [0.2, 0.25) is 0 Å². The number of hydrogen-bond acceptors (Lipinski definition) is 3. The first kappa shape index (κ1) is 23.0. The van der Waals surface area contributed by atoms with Gasteiger partial charge in [-0.2, -0.15) is 5.26 Å². The van der Waals surface area contributed by atoms with Gasteiger partial charge in [-0.15, -0.1) is 12.4 Å². The summed E-state index contributed by atoms with van der Waals surface area (Å²) in [6.45, 7) is 6.51. The van der Waals surface area contributed by atoms with E-state index in [4.69, 9.17) is 16.9 Å². The van der Waals surface area contributed by atoms with Crippen LogP contribution >= 0.6 is 24.0 Å². The number of fused-ring (bicyclic) bond motifs is 1. The molecule has 2 aliphatic rings. The van der Waals surface area contributed by atoms with Gasteiger partial charge in [-0.25, -0.2) is 0 Å². The molecule has 0 aromatic heterocycles. The number of nitrogens with zero attached hydrogens (tertiary/aromatic N) is 3. The topological polar surface area (TPSA) is 39.4 Å². The molecule has 5 heteroatoms. The number of anilines is 1. The molecule has 3 rings (SSSR count). The maximum Gasteiger partial charge on any atom is 0.0622 e. The van der Waals surface area contributed by atoms with Crippen LogP contribution in [0.5, 0.6) is 0 Å². The van der Waals surface area contributed by atoms with Crippen molar-refractivity contribution in [3.8, 4) is 6.07 Å². The second-order valence-corrected chi connectivity index (χ2v) is 8.27. The molecule has 0 saturated heterocycles. The molecule has 0 spiro atoms. The van der Waals surface area contributed by atoms with Gasteiger partial charge in [0.25, 0.3) is 0 Å². The molecule has 152 valence electrons. The number of nitriles is 1. The summed E-state index contributed by atoms with van der Waals surface area (Å²) in [5, 5.41) is 9.45. The Morgan fingerprint density at radius 3 is 2.55 bits per heavy atom. The number of halogens is 2. The Labute approximate surface area is 185 Å². The van der Waals surface area contributed by atoms with E-state index in [0.717, 1.165) is 22.7 Å². The van der Waals surface area contributed by atoms with Crippen LogP contribution in [0.4, 0.5) is 5.69 Å². The van der Waals surface area contributed by atoms with Crippen LogP contribution in [0.15, 0.2) is 70.9 Å². The van der Waals surface area contributed by atoms with Crippen molar-refractivity contribution in [1.29, 1.82) is 5.26 Å². The highest BCUT2D eigenvalue weighted by Gasteiger charge is 2.38. The third kappa shape index (κ3) is 5.01. The molecule has 1 aromatic rings. The first-order valence-electron chi connectivity index (χ1n) is 9.60. The fraction of sp³-hybridized carbons (Fsp3) is 0.333. The Kier molecular flexibility index (Phi) is 7.52. The van der Waals surface area contributed by atoms with Crippen LogP contribution in [0.1, 0.15) is 39.2 Å². The Balaban J connectivity index is 0.00000300. The highest BCUT2D eigenvalue weighted by Crippen LogP contribution is 2.47. The van der Waals surface area contributed by atoms with Crippen LogP contribution in [-0.2, 0) is 5.41 Å². The summed E-state index contributed by atoms with van der Waals surface area (Å²) in [5.74, 6) is 0. The monoisotopic (exact) mass is 427 g/mol. The molecule has 0 fully saturated rings. The summed E-state index contributed by atoms with van der Waals surface area (Å²) in [4.78, 5) is 6.88. The fourth-order valence-electron chi connectivity index (χ4n) is 3.75. The second kappa shape index (κ2) is 9.48. The summed E-state index contributed by atoms with van der Waals surface area (Å²) in [5.41, 5.74) is 5.68. The van der Waals surface area contributed by atoms with E-state index in [1.165, 1.54) is 16.9 Å². The molecule has 1 aromatic carbocycles. The lowest BCUT2D eigenvalue weighted by atomic mass is 9.83. The minimum atomic E-state index is -0.100. The third-order valence-corrected chi connectivity index (χ3v) is 5.60. The number of benzene rings is 1. The molecule has 0 amide bonds. The van der Waals surface area contributed by atoms with Crippen LogP contribution in [0.3, 0.4) is 0 Å². The predicted molar refractivity (Wildman–Crippen MR) is 126 cm³/mol. The van der Waals surface area contributed by atoms with Crippen LogP contribution in [0, 0.1) is 11.3 Å². The maximum absolute atomic E-state index is 8.68. The lowest BCUT2D eigenvalue weighted by molar-refractivity contribution is 0.640. The summed E-state index contributed by atoms with van der Waals surface area (Å²) in [6, 6.07) is 8.43. The van der Waals surface area contributed by atoms with Crippen molar-refractivity contribution in [1.82, 2.24) is 0 Å². The zero-order valence-corrected chi connectivity index (χ0v) is 18.9. The Morgan fingerprint density at radius 1 is 1.21 bits per heavy atom. The van der Waals surface area contributed by atoms with Crippen molar-refractivity contribution < 1.29 is 0 Å². The van der Waals surface area contributed by atoms with Crippen molar-refractivity contribution in [3.05, 3.63) is 76.5 Å². The molecule has 0 radical (unpaired) electrons. The molecule has 1 aliphatic carbocycles. The van der Waals surface area contributed by atoms with E-state index >= 15 is 0 Å². The van der Waals surface area contributed by atoms with E-state index in [2.05, 4.69) is 73.3 Å². The molecule has 1 unspecified atom stereocenters. The van der Waals surface area contributed by atoms with Gasteiger partial charge in [-0.05, 0) is 60.9 Å². The summed E-state index contributed by atoms with van der Waals surface area (Å²) >= 11 is 6.23. The van der Waals surface area contributed by atoms with Crippen LogP contribution < -0.4 is 4.90 Å². The van der Waals surface area contributed by atoms with E-state index in [1.54, 1.807) is 0 Å². The normalized spacial score (nSPS) is 18.9. The molecule has 1 atom stereocenters. The van der Waals surface area contributed by atoms with E-state index in [0.29, 0.717) is 6.42 Å². The highest BCUT2D eigenvalue weighted by atomic mass is 35.5. The molecule has 0 bridgehead atoms. The predicted octanol–water partition coefficient (Wildman–Crippen LogP) is 6.56. The molecular formula is C24H27Cl2N3. The van der Waals surface area contributed by atoms with Crippen LogP contribution in [-0.4, -0.2) is 18.8 Å². The molecule has 0 N–H and O–H groups in total. The number of likely N-dealkylation sites (N-methyl/N-ethyl adjacent to an activating group) is 1. The molecule has 0 saturated carbocycles. The minimum absolute atomic E-state index is 0. The number of hydrogen-bond donors (Lipinski definition) is 0. The summed E-state index contributed by atoms with van der Waals surface area (Å²) in [7, 11) is 2.10. The van der Waals surface area contributed by atoms with Crippen LogP contribution in [0.2, 0.25) is 5.02 Å². The van der Waals surface area contributed by atoms with Gasteiger partial charge in [-0.3, -0.25) is 4.99 Å². The zero-order chi connectivity index (χ0) is 20.3. The van der Waals surface area contributed by atoms with Gasteiger partial charge in [0.15, 0.2) is 0 Å². The van der Waals surface area contributed by atoms with E-state index < -0.39 is 0 Å². The Bertz CT molecular complexity index is 941. The summed E-state index contributed by atoms with van der Waals surface area (Å²) < 4.78 is 0. The van der Waals surface area contributed by atoms with Gasteiger partial charge < -0.3 is 4.90 Å². The molecular weight excluding hydrogens is 401 g/mol. The molecule has 3 nitrogen and oxygen atoms in total. The average molecular weight is 428 g/mol. The van der Waals surface area contributed by atoms with Gasteiger partial charge in [0.05, 0.1) is 11.8 Å². The zero-order valence-electron chi connectivity index (χ0n) is 17.3. The Morgan fingerprint density at radius 2 is 1.90 bits per heavy atom.